The van der Waals surface area contributed by atoms with Crippen LogP contribution in [0.1, 0.15) is 28.8 Å². The number of halogens is 1. The van der Waals surface area contributed by atoms with Crippen molar-refractivity contribution in [2.45, 2.75) is 29.9 Å². The summed E-state index contributed by atoms with van der Waals surface area (Å²) in [5.41, 5.74) is 0. The van der Waals surface area contributed by atoms with E-state index in [1.165, 1.54) is 11.3 Å². The molecule has 5 nitrogen and oxygen atoms in total. The van der Waals surface area contributed by atoms with Crippen molar-refractivity contribution in [3.63, 3.8) is 0 Å². The van der Waals surface area contributed by atoms with Gasteiger partial charge in [-0.25, -0.2) is 8.42 Å². The Labute approximate surface area is 140 Å². The van der Waals surface area contributed by atoms with Crippen LogP contribution in [0, 0.1) is 6.92 Å². The van der Waals surface area contributed by atoms with Crippen LogP contribution in [-0.2, 0) is 10.0 Å². The lowest BCUT2D eigenvalue weighted by Gasteiger charge is -2.29. The highest BCUT2D eigenvalue weighted by atomic mass is 79.9. The van der Waals surface area contributed by atoms with Gasteiger partial charge in [0, 0.05) is 19.0 Å². The zero-order chi connectivity index (χ0) is 15.0. The summed E-state index contributed by atoms with van der Waals surface area (Å²) in [6, 6.07) is 3.43. The van der Waals surface area contributed by atoms with Crippen molar-refractivity contribution in [1.82, 2.24) is 14.5 Å². The molecule has 0 spiro atoms. The van der Waals surface area contributed by atoms with Crippen molar-refractivity contribution >= 4 is 48.6 Å². The first-order valence-corrected chi connectivity index (χ1v) is 10.4. The van der Waals surface area contributed by atoms with Crippen LogP contribution in [0.3, 0.4) is 0 Å². The third-order valence-corrected chi connectivity index (χ3v) is 8.48. The molecule has 3 rings (SSSR count). The van der Waals surface area contributed by atoms with Crippen LogP contribution in [0.5, 0.6) is 0 Å². The zero-order valence-electron chi connectivity index (χ0n) is 11.3. The van der Waals surface area contributed by atoms with Crippen molar-refractivity contribution in [3.05, 3.63) is 25.9 Å². The second-order valence-electron chi connectivity index (χ2n) is 4.90. The van der Waals surface area contributed by atoms with E-state index in [0.717, 1.165) is 26.6 Å². The summed E-state index contributed by atoms with van der Waals surface area (Å²) in [7, 11) is -3.35. The fraction of sp³-hybridized carbons (Fsp3) is 0.500. The van der Waals surface area contributed by atoms with E-state index in [2.05, 4.69) is 26.1 Å². The van der Waals surface area contributed by atoms with Crippen molar-refractivity contribution < 1.29 is 8.42 Å². The van der Waals surface area contributed by atoms with Gasteiger partial charge in [-0.15, -0.1) is 32.9 Å². The van der Waals surface area contributed by atoms with Crippen molar-refractivity contribution in [3.8, 4) is 0 Å². The number of aryl methyl sites for hydroxylation is 1. The summed E-state index contributed by atoms with van der Waals surface area (Å²) >= 11 is 6.18. The average molecular weight is 408 g/mol. The maximum absolute atomic E-state index is 12.5. The lowest BCUT2D eigenvalue weighted by molar-refractivity contribution is 0.319. The Kier molecular flexibility index (Phi) is 4.47. The molecule has 0 radical (unpaired) electrons. The normalized spacial score (nSPS) is 18.2. The summed E-state index contributed by atoms with van der Waals surface area (Å²) in [6.45, 7) is 3.03. The highest BCUT2D eigenvalue weighted by Gasteiger charge is 2.31. The van der Waals surface area contributed by atoms with E-state index in [9.17, 15) is 8.42 Å². The van der Waals surface area contributed by atoms with E-state index in [-0.39, 0.29) is 0 Å². The smallest absolute Gasteiger partial charge is 0.206 e. The molecule has 0 N–H and O–H groups in total. The Bertz CT molecular complexity index is 733. The summed E-state index contributed by atoms with van der Waals surface area (Å²) < 4.78 is 27.9. The highest BCUT2D eigenvalue weighted by Crippen LogP contribution is 2.34. The predicted molar refractivity (Wildman–Crippen MR) is 87.4 cm³/mol. The second-order valence-corrected chi connectivity index (χ2v) is 10.7. The Morgan fingerprint density at radius 1 is 1.24 bits per heavy atom. The molecule has 1 fully saturated rings. The molecule has 2 aromatic rings. The fourth-order valence-electron chi connectivity index (χ4n) is 2.38. The first-order chi connectivity index (χ1) is 9.96. The summed E-state index contributed by atoms with van der Waals surface area (Å²) in [5.74, 6) is 0.331. The molecular weight excluding hydrogens is 394 g/mol. The summed E-state index contributed by atoms with van der Waals surface area (Å²) in [6.07, 6.45) is 1.61. The minimum Gasteiger partial charge on any atom is -0.206 e. The maximum atomic E-state index is 12.5. The molecule has 0 bridgehead atoms. The first-order valence-electron chi connectivity index (χ1n) is 6.52. The van der Waals surface area contributed by atoms with Crippen LogP contribution in [0.4, 0.5) is 0 Å². The molecule has 0 amide bonds. The van der Waals surface area contributed by atoms with Gasteiger partial charge in [-0.3, -0.25) is 0 Å². The van der Waals surface area contributed by atoms with Gasteiger partial charge in [0.05, 0.1) is 3.79 Å². The van der Waals surface area contributed by atoms with Crippen molar-refractivity contribution in [1.29, 1.82) is 0 Å². The number of piperidine rings is 1. The van der Waals surface area contributed by atoms with Gasteiger partial charge in [-0.05, 0) is 47.8 Å². The molecule has 21 heavy (non-hydrogen) atoms. The largest absolute Gasteiger partial charge is 0.252 e. The topological polar surface area (TPSA) is 63.2 Å². The van der Waals surface area contributed by atoms with Gasteiger partial charge in [0.2, 0.25) is 0 Å². The van der Waals surface area contributed by atoms with E-state index < -0.39 is 10.0 Å². The van der Waals surface area contributed by atoms with E-state index in [4.69, 9.17) is 0 Å². The third-order valence-electron chi connectivity index (χ3n) is 3.49. The monoisotopic (exact) mass is 407 g/mol. The van der Waals surface area contributed by atoms with Gasteiger partial charge in [0.15, 0.2) is 0 Å². The van der Waals surface area contributed by atoms with Gasteiger partial charge < -0.3 is 0 Å². The van der Waals surface area contributed by atoms with Gasteiger partial charge in [0.25, 0.3) is 10.0 Å². The molecule has 114 valence electrons. The average Bonchev–Trinajstić information content (AvgIpc) is 3.08. The molecule has 0 aliphatic carbocycles. The Morgan fingerprint density at radius 2 is 1.95 bits per heavy atom. The van der Waals surface area contributed by atoms with Gasteiger partial charge in [-0.2, -0.15) is 4.31 Å². The quantitative estimate of drug-likeness (QED) is 0.782. The SMILES string of the molecule is Cc1nnc(C2CCN(S(=O)(=O)c3ccc(Br)s3)CC2)s1. The summed E-state index contributed by atoms with van der Waals surface area (Å²) in [4.78, 5) is 0. The number of hydrogen-bond donors (Lipinski definition) is 0. The number of nitrogens with zero attached hydrogens (tertiary/aromatic N) is 3. The predicted octanol–water partition coefficient (Wildman–Crippen LogP) is 3.24. The Balaban J connectivity index is 1.71. The number of sulfonamides is 1. The molecule has 3 heterocycles. The Hall–Kier alpha value is -0.350. The molecular formula is C12H14BrN3O2S3. The van der Waals surface area contributed by atoms with Crippen LogP contribution in [0.25, 0.3) is 0 Å². The molecule has 2 aromatic heterocycles. The molecule has 0 aromatic carbocycles. The summed E-state index contributed by atoms with van der Waals surface area (Å²) in [5, 5.41) is 10.2. The standard InChI is InChI=1S/C12H14BrN3O2S3/c1-8-14-15-12(19-8)9-4-6-16(7-5-9)21(17,18)11-3-2-10(13)20-11/h2-3,9H,4-7H2,1H3. The molecule has 0 unspecified atom stereocenters. The molecule has 1 saturated heterocycles. The lowest BCUT2D eigenvalue weighted by atomic mass is 9.99. The van der Waals surface area contributed by atoms with E-state index >= 15 is 0 Å². The number of rotatable bonds is 3. The lowest BCUT2D eigenvalue weighted by Crippen LogP contribution is -2.37. The van der Waals surface area contributed by atoms with Gasteiger partial charge >= 0.3 is 0 Å². The van der Waals surface area contributed by atoms with Crippen LogP contribution in [0.15, 0.2) is 20.1 Å². The van der Waals surface area contributed by atoms with Crippen LogP contribution < -0.4 is 0 Å². The fourth-order valence-corrected chi connectivity index (χ4v) is 6.89. The number of thiophene rings is 1. The number of hydrogen-bond acceptors (Lipinski definition) is 6. The van der Waals surface area contributed by atoms with E-state index in [1.807, 2.05) is 6.92 Å². The van der Waals surface area contributed by atoms with E-state index in [1.54, 1.807) is 27.8 Å². The second kappa shape index (κ2) is 6.04. The molecule has 9 heteroatoms. The van der Waals surface area contributed by atoms with Crippen LogP contribution in [0.2, 0.25) is 0 Å². The first kappa shape index (κ1) is 15.5. The van der Waals surface area contributed by atoms with E-state index in [0.29, 0.717) is 23.2 Å². The highest BCUT2D eigenvalue weighted by molar-refractivity contribution is 9.11. The van der Waals surface area contributed by atoms with Crippen LogP contribution >= 0.6 is 38.6 Å². The van der Waals surface area contributed by atoms with Crippen molar-refractivity contribution in [2.75, 3.05) is 13.1 Å². The molecule has 0 atom stereocenters. The van der Waals surface area contributed by atoms with Gasteiger partial charge in [-0.1, -0.05) is 0 Å². The maximum Gasteiger partial charge on any atom is 0.252 e. The molecule has 1 aliphatic heterocycles. The Morgan fingerprint density at radius 3 is 2.48 bits per heavy atom. The van der Waals surface area contributed by atoms with Crippen LogP contribution in [-0.4, -0.2) is 36.0 Å². The zero-order valence-corrected chi connectivity index (χ0v) is 15.4. The van der Waals surface area contributed by atoms with Gasteiger partial charge in [0.1, 0.15) is 14.2 Å². The number of aromatic nitrogens is 2. The van der Waals surface area contributed by atoms with Crippen molar-refractivity contribution in [2.24, 2.45) is 0 Å². The molecule has 1 aliphatic rings. The molecule has 0 saturated carbocycles. The minimum absolute atomic E-state index is 0.331. The minimum atomic E-state index is -3.35. The third kappa shape index (κ3) is 3.21.